The van der Waals surface area contributed by atoms with Crippen LogP contribution in [0.2, 0.25) is 0 Å². The molecule has 0 N–H and O–H groups in total. The molecule has 0 radical (unpaired) electrons. The number of para-hydroxylation sites is 1. The number of phosphoric acid groups is 1. The van der Waals surface area contributed by atoms with Crippen LogP contribution >= 0.6 is 7.82 Å². The van der Waals surface area contributed by atoms with Crippen molar-refractivity contribution in [3.63, 3.8) is 0 Å². The highest BCUT2D eigenvalue weighted by Crippen LogP contribution is 2.50. The molecule has 1 rings (SSSR count). The van der Waals surface area contributed by atoms with Crippen molar-refractivity contribution in [2.45, 2.75) is 6.92 Å². The quantitative estimate of drug-likeness (QED) is 0.738. The number of hydrogen-bond donors (Lipinski definition) is 0. The standard InChI is InChI=1S/C8H9F2O4P/c1-2-12-15(11,14-10)13-8-6-4-3-5-7(8)9/h3-6H,2H2,1H3. The van der Waals surface area contributed by atoms with Gasteiger partial charge in [-0.2, -0.15) is 0 Å². The van der Waals surface area contributed by atoms with Crippen LogP contribution in [-0.2, 0) is 13.8 Å². The molecule has 4 nitrogen and oxygen atoms in total. The fourth-order valence-corrected chi connectivity index (χ4v) is 1.68. The first kappa shape index (κ1) is 12.1. The zero-order chi connectivity index (χ0) is 11.3. The summed E-state index contributed by atoms with van der Waals surface area (Å²) in [7, 11) is -4.36. The summed E-state index contributed by atoms with van der Waals surface area (Å²) in [4.78, 5) is 0. The zero-order valence-corrected chi connectivity index (χ0v) is 8.75. The van der Waals surface area contributed by atoms with Crippen molar-refractivity contribution in [3.05, 3.63) is 30.1 Å². The number of hydrogen-bond acceptors (Lipinski definition) is 4. The maximum Gasteiger partial charge on any atom is 0.561 e. The first-order valence-electron chi connectivity index (χ1n) is 4.10. The Hall–Kier alpha value is -0.970. The van der Waals surface area contributed by atoms with Gasteiger partial charge >= 0.3 is 7.82 Å². The lowest BCUT2D eigenvalue weighted by Gasteiger charge is -2.12. The molecular formula is C8H9F2O4P. The van der Waals surface area contributed by atoms with E-state index in [-0.39, 0.29) is 6.61 Å². The topological polar surface area (TPSA) is 44.8 Å². The third-order valence-electron chi connectivity index (χ3n) is 1.42. The molecule has 0 heterocycles. The van der Waals surface area contributed by atoms with E-state index in [1.54, 1.807) is 0 Å². The van der Waals surface area contributed by atoms with Crippen LogP contribution in [0.3, 0.4) is 0 Å². The summed E-state index contributed by atoms with van der Waals surface area (Å²) in [5.74, 6) is -1.18. The molecule has 0 spiro atoms. The first-order valence-corrected chi connectivity index (χ1v) is 5.56. The van der Waals surface area contributed by atoms with Gasteiger partial charge in [-0.25, -0.2) is 8.96 Å². The molecule has 7 heteroatoms. The highest BCUT2D eigenvalue weighted by molar-refractivity contribution is 7.48. The van der Waals surface area contributed by atoms with Gasteiger partial charge in [0.05, 0.1) is 6.61 Å². The minimum absolute atomic E-state index is 0.0876. The second kappa shape index (κ2) is 5.21. The molecule has 0 bridgehead atoms. The third-order valence-corrected chi connectivity index (χ3v) is 2.58. The van der Waals surface area contributed by atoms with Crippen LogP contribution in [0, 0.1) is 5.82 Å². The molecule has 0 saturated carbocycles. The SMILES string of the molecule is CCOP(=O)(OF)Oc1ccccc1F. The van der Waals surface area contributed by atoms with Crippen molar-refractivity contribution in [2.24, 2.45) is 0 Å². The molecule has 1 aromatic rings. The highest BCUT2D eigenvalue weighted by Gasteiger charge is 2.30. The summed E-state index contributed by atoms with van der Waals surface area (Å²) in [6, 6.07) is 5.10. The van der Waals surface area contributed by atoms with Crippen molar-refractivity contribution in [1.29, 1.82) is 0 Å². The Balaban J connectivity index is 2.84. The summed E-state index contributed by atoms with van der Waals surface area (Å²) in [5, 5.41) is 0. The van der Waals surface area contributed by atoms with E-state index in [2.05, 4.69) is 13.8 Å². The number of rotatable bonds is 5. The first-order chi connectivity index (χ1) is 7.11. The average Bonchev–Trinajstić information content (AvgIpc) is 2.22. The average molecular weight is 238 g/mol. The Kier molecular flexibility index (Phi) is 4.20. The molecule has 84 valence electrons. The minimum Gasteiger partial charge on any atom is -0.399 e. The fraction of sp³-hybridized carbons (Fsp3) is 0.250. The normalized spacial score (nSPS) is 14.6. The van der Waals surface area contributed by atoms with E-state index in [1.807, 2.05) is 0 Å². The van der Waals surface area contributed by atoms with Gasteiger partial charge in [0.25, 0.3) is 0 Å². The second-order valence-corrected chi connectivity index (χ2v) is 3.93. The van der Waals surface area contributed by atoms with Gasteiger partial charge in [0.2, 0.25) is 0 Å². The Morgan fingerprint density at radius 1 is 1.40 bits per heavy atom. The Bertz CT molecular complexity index is 371. The monoisotopic (exact) mass is 238 g/mol. The Morgan fingerprint density at radius 3 is 2.60 bits per heavy atom. The predicted octanol–water partition coefficient (Wildman–Crippen LogP) is 3.25. The van der Waals surface area contributed by atoms with E-state index in [9.17, 15) is 13.5 Å². The van der Waals surface area contributed by atoms with E-state index < -0.39 is 19.4 Å². The second-order valence-electron chi connectivity index (χ2n) is 2.46. The molecular weight excluding hydrogens is 229 g/mol. The van der Waals surface area contributed by atoms with Crippen molar-refractivity contribution in [1.82, 2.24) is 0 Å². The van der Waals surface area contributed by atoms with Crippen LogP contribution in [0.5, 0.6) is 5.75 Å². The number of benzene rings is 1. The fourth-order valence-electron chi connectivity index (χ4n) is 0.858. The smallest absolute Gasteiger partial charge is 0.399 e. The summed E-state index contributed by atoms with van der Waals surface area (Å²) in [6.07, 6.45) is 0. The van der Waals surface area contributed by atoms with Crippen LogP contribution in [0.4, 0.5) is 8.92 Å². The van der Waals surface area contributed by atoms with Gasteiger partial charge in [0, 0.05) is 0 Å². The van der Waals surface area contributed by atoms with Gasteiger partial charge in [0.1, 0.15) is 0 Å². The van der Waals surface area contributed by atoms with Gasteiger partial charge in [-0.3, -0.25) is 4.52 Å². The molecule has 0 aliphatic carbocycles. The summed E-state index contributed by atoms with van der Waals surface area (Å²) >= 11 is 0. The zero-order valence-electron chi connectivity index (χ0n) is 7.85. The molecule has 0 aromatic heterocycles. The van der Waals surface area contributed by atoms with Gasteiger partial charge in [0.15, 0.2) is 11.6 Å². The maximum absolute atomic E-state index is 13.0. The van der Waals surface area contributed by atoms with E-state index in [0.717, 1.165) is 6.07 Å². The number of halogens is 2. The highest BCUT2D eigenvalue weighted by atomic mass is 31.2. The number of phosphoric ester groups is 1. The predicted molar refractivity (Wildman–Crippen MR) is 48.5 cm³/mol. The summed E-state index contributed by atoms with van der Waals surface area (Å²) in [6.45, 7) is 1.38. The molecule has 0 aliphatic rings. The molecule has 1 atom stereocenters. The maximum atomic E-state index is 13.0. The molecule has 15 heavy (non-hydrogen) atoms. The van der Waals surface area contributed by atoms with Crippen LogP contribution in [0.15, 0.2) is 24.3 Å². The van der Waals surface area contributed by atoms with Crippen LogP contribution < -0.4 is 4.52 Å². The van der Waals surface area contributed by atoms with Crippen LogP contribution in [0.25, 0.3) is 0 Å². The van der Waals surface area contributed by atoms with E-state index >= 15 is 0 Å². The lowest BCUT2D eigenvalue weighted by atomic mass is 10.3. The Morgan fingerprint density at radius 2 is 2.07 bits per heavy atom. The molecule has 0 aliphatic heterocycles. The summed E-state index contributed by atoms with van der Waals surface area (Å²) in [5.41, 5.74) is 0. The van der Waals surface area contributed by atoms with Gasteiger partial charge in [-0.15, -0.1) is 0 Å². The molecule has 1 unspecified atom stereocenters. The Labute approximate surface area is 85.3 Å². The van der Waals surface area contributed by atoms with Crippen molar-refractivity contribution >= 4 is 7.82 Å². The lowest BCUT2D eigenvalue weighted by Crippen LogP contribution is -1.99. The van der Waals surface area contributed by atoms with E-state index in [0.29, 0.717) is 0 Å². The van der Waals surface area contributed by atoms with Gasteiger partial charge < -0.3 is 4.52 Å². The van der Waals surface area contributed by atoms with Crippen molar-refractivity contribution in [3.8, 4) is 5.75 Å². The van der Waals surface area contributed by atoms with E-state index in [4.69, 9.17) is 0 Å². The van der Waals surface area contributed by atoms with Crippen molar-refractivity contribution in [2.75, 3.05) is 6.61 Å². The lowest BCUT2D eigenvalue weighted by molar-refractivity contribution is -0.0444. The van der Waals surface area contributed by atoms with Crippen LogP contribution in [-0.4, -0.2) is 6.61 Å². The molecule has 0 amide bonds. The molecule has 0 fully saturated rings. The largest absolute Gasteiger partial charge is 0.561 e. The van der Waals surface area contributed by atoms with E-state index in [1.165, 1.54) is 25.1 Å². The molecule has 0 saturated heterocycles. The third kappa shape index (κ3) is 3.27. The van der Waals surface area contributed by atoms with Crippen LogP contribution in [0.1, 0.15) is 6.92 Å². The van der Waals surface area contributed by atoms with Gasteiger partial charge in [-0.1, -0.05) is 16.9 Å². The minimum atomic E-state index is -4.36. The van der Waals surface area contributed by atoms with Gasteiger partial charge in [-0.05, 0) is 23.6 Å². The van der Waals surface area contributed by atoms with Crippen molar-refractivity contribution < 1.29 is 27.3 Å². The summed E-state index contributed by atoms with van der Waals surface area (Å²) < 4.78 is 48.2. The molecule has 1 aromatic carbocycles.